The summed E-state index contributed by atoms with van der Waals surface area (Å²) in [5.41, 5.74) is 1.26. The van der Waals surface area contributed by atoms with Crippen molar-refractivity contribution in [2.45, 2.75) is 38.1 Å². The summed E-state index contributed by atoms with van der Waals surface area (Å²) in [5, 5.41) is 5.42. The van der Waals surface area contributed by atoms with Crippen molar-refractivity contribution in [1.29, 1.82) is 0 Å². The molecule has 8 heteroatoms. The van der Waals surface area contributed by atoms with Crippen LogP contribution in [0.4, 0.5) is 11.4 Å². The van der Waals surface area contributed by atoms with Crippen LogP contribution in [0.3, 0.4) is 0 Å². The molecule has 0 aliphatic carbocycles. The molecule has 3 aliphatic rings. The quantitative estimate of drug-likeness (QED) is 0.710. The highest BCUT2D eigenvalue weighted by atomic mass is 16.5. The molecular formula is C22H30N4O4. The lowest BCUT2D eigenvalue weighted by molar-refractivity contribution is -0.136. The molecule has 3 saturated heterocycles. The second-order valence-corrected chi connectivity index (χ2v) is 8.36. The largest absolute Gasteiger partial charge is 0.380 e. The van der Waals surface area contributed by atoms with Gasteiger partial charge in [0.15, 0.2) is 0 Å². The lowest BCUT2D eigenvalue weighted by Crippen LogP contribution is -2.45. The highest BCUT2D eigenvalue weighted by Gasteiger charge is 2.28. The van der Waals surface area contributed by atoms with E-state index in [2.05, 4.69) is 15.5 Å². The minimum Gasteiger partial charge on any atom is -0.380 e. The number of hydrogen-bond donors (Lipinski definition) is 2. The molecule has 0 saturated carbocycles. The van der Waals surface area contributed by atoms with Gasteiger partial charge in [0.1, 0.15) is 0 Å². The first-order valence-corrected chi connectivity index (χ1v) is 10.9. The van der Waals surface area contributed by atoms with E-state index in [1.165, 1.54) is 0 Å². The SMILES string of the molecule is O=C(NCC1CCN([C@H]2CCOC2)CC1)C(=O)Nc1cccc(N2CCCC2=O)c1. The van der Waals surface area contributed by atoms with Crippen LogP contribution in [0.2, 0.25) is 0 Å². The van der Waals surface area contributed by atoms with Crippen LogP contribution in [-0.2, 0) is 19.1 Å². The van der Waals surface area contributed by atoms with Crippen molar-refractivity contribution < 1.29 is 19.1 Å². The number of amides is 3. The van der Waals surface area contributed by atoms with Crippen LogP contribution < -0.4 is 15.5 Å². The van der Waals surface area contributed by atoms with Crippen molar-refractivity contribution in [2.75, 3.05) is 49.6 Å². The van der Waals surface area contributed by atoms with Gasteiger partial charge in [0.25, 0.3) is 0 Å². The minimum atomic E-state index is -0.680. The predicted molar refractivity (Wildman–Crippen MR) is 113 cm³/mol. The van der Waals surface area contributed by atoms with Gasteiger partial charge in [0, 0.05) is 43.5 Å². The van der Waals surface area contributed by atoms with Crippen LogP contribution in [0.5, 0.6) is 0 Å². The Balaban J connectivity index is 1.22. The Labute approximate surface area is 176 Å². The number of hydrogen-bond acceptors (Lipinski definition) is 5. The number of benzene rings is 1. The summed E-state index contributed by atoms with van der Waals surface area (Å²) in [7, 11) is 0. The molecule has 4 rings (SSSR count). The van der Waals surface area contributed by atoms with Crippen molar-refractivity contribution in [1.82, 2.24) is 10.2 Å². The monoisotopic (exact) mass is 414 g/mol. The van der Waals surface area contributed by atoms with Gasteiger partial charge in [-0.15, -0.1) is 0 Å². The average molecular weight is 415 g/mol. The molecule has 0 aromatic heterocycles. The van der Waals surface area contributed by atoms with Gasteiger partial charge < -0.3 is 20.3 Å². The molecule has 1 aromatic rings. The van der Waals surface area contributed by atoms with Gasteiger partial charge in [-0.3, -0.25) is 19.3 Å². The molecule has 2 N–H and O–H groups in total. The molecule has 0 bridgehead atoms. The molecule has 3 aliphatic heterocycles. The summed E-state index contributed by atoms with van der Waals surface area (Å²) in [5.74, 6) is -0.822. The number of nitrogens with one attached hydrogen (secondary N) is 2. The first-order valence-electron chi connectivity index (χ1n) is 10.9. The molecule has 162 valence electrons. The van der Waals surface area contributed by atoms with E-state index in [0.717, 1.165) is 57.7 Å². The lowest BCUT2D eigenvalue weighted by atomic mass is 9.95. The average Bonchev–Trinajstić information content (AvgIpc) is 3.44. The van der Waals surface area contributed by atoms with E-state index in [4.69, 9.17) is 4.74 Å². The Kier molecular flexibility index (Phi) is 6.64. The van der Waals surface area contributed by atoms with E-state index in [9.17, 15) is 14.4 Å². The molecule has 1 aromatic carbocycles. The van der Waals surface area contributed by atoms with Gasteiger partial charge in [-0.25, -0.2) is 0 Å². The number of piperidine rings is 1. The lowest BCUT2D eigenvalue weighted by Gasteiger charge is -2.35. The molecule has 1 atom stereocenters. The maximum Gasteiger partial charge on any atom is 0.313 e. The van der Waals surface area contributed by atoms with Gasteiger partial charge in [0.05, 0.1) is 6.61 Å². The highest BCUT2D eigenvalue weighted by Crippen LogP contribution is 2.24. The van der Waals surface area contributed by atoms with Crippen LogP contribution >= 0.6 is 0 Å². The molecule has 0 spiro atoms. The smallest absolute Gasteiger partial charge is 0.313 e. The number of ether oxygens (including phenoxy) is 1. The van der Waals surface area contributed by atoms with E-state index in [1.807, 2.05) is 6.07 Å². The van der Waals surface area contributed by atoms with Gasteiger partial charge in [-0.1, -0.05) is 6.07 Å². The Morgan fingerprint density at radius 1 is 1.10 bits per heavy atom. The molecule has 30 heavy (non-hydrogen) atoms. The summed E-state index contributed by atoms with van der Waals surface area (Å²) in [6, 6.07) is 7.60. The van der Waals surface area contributed by atoms with Crippen molar-refractivity contribution >= 4 is 29.1 Å². The van der Waals surface area contributed by atoms with E-state index >= 15 is 0 Å². The van der Waals surface area contributed by atoms with Crippen LogP contribution in [0.1, 0.15) is 32.1 Å². The third-order valence-corrected chi connectivity index (χ3v) is 6.32. The molecule has 3 fully saturated rings. The predicted octanol–water partition coefficient (Wildman–Crippen LogP) is 1.37. The third-order valence-electron chi connectivity index (χ3n) is 6.32. The first-order chi connectivity index (χ1) is 14.6. The van der Waals surface area contributed by atoms with Gasteiger partial charge in [-0.05, 0) is 62.9 Å². The van der Waals surface area contributed by atoms with Crippen LogP contribution in [0.15, 0.2) is 24.3 Å². The number of carbonyl (C=O) groups is 3. The van der Waals surface area contributed by atoms with E-state index in [1.54, 1.807) is 23.1 Å². The molecular weight excluding hydrogens is 384 g/mol. The zero-order valence-electron chi connectivity index (χ0n) is 17.3. The number of anilines is 2. The van der Waals surface area contributed by atoms with Crippen molar-refractivity contribution in [3.05, 3.63) is 24.3 Å². The van der Waals surface area contributed by atoms with Crippen LogP contribution in [-0.4, -0.2) is 68.1 Å². The second-order valence-electron chi connectivity index (χ2n) is 8.36. The molecule has 3 amide bonds. The van der Waals surface area contributed by atoms with Gasteiger partial charge in [-0.2, -0.15) is 0 Å². The molecule has 8 nitrogen and oxygen atoms in total. The zero-order valence-corrected chi connectivity index (χ0v) is 17.3. The summed E-state index contributed by atoms with van der Waals surface area (Å²) in [6.45, 7) is 4.92. The Morgan fingerprint density at radius 3 is 2.63 bits per heavy atom. The summed E-state index contributed by atoms with van der Waals surface area (Å²) in [4.78, 5) is 40.6. The molecule has 3 heterocycles. The van der Waals surface area contributed by atoms with Crippen LogP contribution in [0.25, 0.3) is 0 Å². The number of likely N-dealkylation sites (tertiary alicyclic amines) is 1. The number of carbonyl (C=O) groups excluding carboxylic acids is 3. The van der Waals surface area contributed by atoms with Gasteiger partial charge in [0.2, 0.25) is 5.91 Å². The Morgan fingerprint density at radius 2 is 1.93 bits per heavy atom. The zero-order chi connectivity index (χ0) is 20.9. The van der Waals surface area contributed by atoms with E-state index < -0.39 is 11.8 Å². The standard InChI is InChI=1S/C22H30N4O4/c27-20-5-2-9-26(20)18-4-1-3-17(13-18)24-22(29)21(28)23-14-16-6-10-25(11-7-16)19-8-12-30-15-19/h1,3-4,13,16,19H,2,5-12,14-15H2,(H,23,28)(H,24,29)/t19-/m0/s1. The third kappa shape index (κ3) is 4.99. The van der Waals surface area contributed by atoms with E-state index in [-0.39, 0.29) is 5.91 Å². The Hall–Kier alpha value is -2.45. The fourth-order valence-electron chi connectivity index (χ4n) is 4.51. The summed E-state index contributed by atoms with van der Waals surface area (Å²) < 4.78 is 5.47. The van der Waals surface area contributed by atoms with Crippen molar-refractivity contribution in [3.63, 3.8) is 0 Å². The topological polar surface area (TPSA) is 91.0 Å². The van der Waals surface area contributed by atoms with Crippen molar-refractivity contribution in [3.8, 4) is 0 Å². The second kappa shape index (κ2) is 9.57. The van der Waals surface area contributed by atoms with Crippen molar-refractivity contribution in [2.24, 2.45) is 5.92 Å². The first kappa shape index (κ1) is 20.8. The summed E-state index contributed by atoms with van der Waals surface area (Å²) >= 11 is 0. The van der Waals surface area contributed by atoms with E-state index in [0.29, 0.717) is 37.2 Å². The maximum atomic E-state index is 12.3. The molecule has 0 radical (unpaired) electrons. The highest BCUT2D eigenvalue weighted by molar-refractivity contribution is 6.39. The Bertz CT molecular complexity index is 785. The fourth-order valence-corrected chi connectivity index (χ4v) is 4.51. The number of nitrogens with zero attached hydrogens (tertiary/aromatic N) is 2. The van der Waals surface area contributed by atoms with Crippen LogP contribution in [0, 0.1) is 5.92 Å². The maximum absolute atomic E-state index is 12.3. The van der Waals surface area contributed by atoms with Gasteiger partial charge >= 0.3 is 11.8 Å². The normalized spacial score (nSPS) is 23.0. The summed E-state index contributed by atoms with van der Waals surface area (Å²) in [6.07, 6.45) is 4.53. The minimum absolute atomic E-state index is 0.0859. The fraction of sp³-hybridized carbons (Fsp3) is 0.591. The molecule has 0 unspecified atom stereocenters. The number of rotatable bonds is 5.